The lowest BCUT2D eigenvalue weighted by Crippen LogP contribution is -1.80. The van der Waals surface area contributed by atoms with Gasteiger partial charge < -0.3 is 0 Å². The van der Waals surface area contributed by atoms with Crippen LogP contribution in [-0.4, -0.2) is 0 Å². The molecule has 0 bridgehead atoms. The highest BCUT2D eigenvalue weighted by atomic mass is 32.1. The Kier molecular flexibility index (Phi) is 2.52. The molecule has 2 aromatic carbocycles. The average molecular weight is 262 g/mol. The summed E-state index contributed by atoms with van der Waals surface area (Å²) in [6.07, 6.45) is 0. The Labute approximate surface area is 115 Å². The molecule has 0 amide bonds. The fraction of sp³-hybridized carbons (Fsp3) is 0.125. The highest BCUT2D eigenvalue weighted by molar-refractivity contribution is 7.25. The molecule has 0 atom stereocenters. The minimum absolute atomic E-state index is 0.686. The van der Waals surface area contributed by atoms with Gasteiger partial charge in [0.15, 0.2) is 5.69 Å². The lowest BCUT2D eigenvalue weighted by molar-refractivity contribution is 1.42. The van der Waals surface area contributed by atoms with Crippen molar-refractivity contribution in [3.63, 3.8) is 0 Å². The Balaban J connectivity index is 2.50. The van der Waals surface area contributed by atoms with Gasteiger partial charge >= 0.3 is 0 Å². The van der Waals surface area contributed by atoms with Crippen LogP contribution >= 0.6 is 11.3 Å². The Morgan fingerprint density at radius 3 is 2.32 bits per heavy atom. The molecular formula is C16H10N2S. The molecule has 0 aliphatic rings. The molecular weight excluding hydrogens is 252 g/mol. The molecule has 3 aromatic rings. The van der Waals surface area contributed by atoms with E-state index in [1.807, 2.05) is 26.0 Å². The molecule has 0 saturated heterocycles. The number of hydrogen-bond acceptors (Lipinski definition) is 2. The average Bonchev–Trinajstić information content (AvgIpc) is 2.72. The van der Waals surface area contributed by atoms with Crippen molar-refractivity contribution in [2.24, 2.45) is 0 Å². The standard InChI is InChI=1S/C16H10N2S/c1-9-4-15-12(6-11(9)8-17)13-7-14(18-3)10(2)5-16(13)19-15/h4-7H,1-2H3. The van der Waals surface area contributed by atoms with Crippen LogP contribution < -0.4 is 0 Å². The summed E-state index contributed by atoms with van der Waals surface area (Å²) in [4.78, 5) is 3.56. The first kappa shape index (κ1) is 11.7. The third-order valence-electron chi connectivity index (χ3n) is 3.38. The number of benzene rings is 2. The zero-order valence-corrected chi connectivity index (χ0v) is 11.4. The summed E-state index contributed by atoms with van der Waals surface area (Å²) in [7, 11) is 0. The van der Waals surface area contributed by atoms with Gasteiger partial charge in [0.2, 0.25) is 0 Å². The van der Waals surface area contributed by atoms with Gasteiger partial charge in [-0.2, -0.15) is 5.26 Å². The van der Waals surface area contributed by atoms with Crippen LogP contribution in [0, 0.1) is 31.8 Å². The molecule has 0 N–H and O–H groups in total. The van der Waals surface area contributed by atoms with Crippen LogP contribution in [0.2, 0.25) is 0 Å². The summed E-state index contributed by atoms with van der Waals surface area (Å²) in [5.41, 5.74) is 3.40. The Morgan fingerprint density at radius 2 is 1.68 bits per heavy atom. The second kappa shape index (κ2) is 4.09. The molecule has 0 radical (unpaired) electrons. The molecule has 0 aliphatic carbocycles. The summed E-state index contributed by atoms with van der Waals surface area (Å²) in [6, 6.07) is 10.2. The summed E-state index contributed by atoms with van der Waals surface area (Å²) in [5.74, 6) is 0. The van der Waals surface area contributed by atoms with Crippen molar-refractivity contribution < 1.29 is 0 Å². The van der Waals surface area contributed by atoms with Gasteiger partial charge in [-0.05, 0) is 48.6 Å². The van der Waals surface area contributed by atoms with Gasteiger partial charge in [-0.3, -0.25) is 0 Å². The number of thiophene rings is 1. The molecule has 1 aromatic heterocycles. The van der Waals surface area contributed by atoms with Crippen molar-refractivity contribution in [2.75, 3.05) is 0 Å². The van der Waals surface area contributed by atoms with E-state index in [2.05, 4.69) is 23.0 Å². The zero-order valence-electron chi connectivity index (χ0n) is 10.6. The minimum Gasteiger partial charge on any atom is -0.238 e. The maximum absolute atomic E-state index is 9.14. The molecule has 2 nitrogen and oxygen atoms in total. The molecule has 3 heteroatoms. The number of nitrogens with zero attached hydrogens (tertiary/aromatic N) is 2. The fourth-order valence-corrected chi connectivity index (χ4v) is 3.57. The molecule has 0 saturated carbocycles. The fourth-order valence-electron chi connectivity index (χ4n) is 2.30. The number of nitriles is 1. The van der Waals surface area contributed by atoms with Gasteiger partial charge in [-0.25, -0.2) is 4.85 Å². The van der Waals surface area contributed by atoms with E-state index < -0.39 is 0 Å². The normalized spacial score (nSPS) is 10.5. The Bertz CT molecular complexity index is 830. The maximum Gasteiger partial charge on any atom is 0.190 e. The van der Waals surface area contributed by atoms with E-state index in [0.29, 0.717) is 11.3 Å². The topological polar surface area (TPSA) is 28.1 Å². The second-order valence-corrected chi connectivity index (χ2v) is 5.71. The van der Waals surface area contributed by atoms with Crippen LogP contribution in [0.3, 0.4) is 0 Å². The van der Waals surface area contributed by atoms with Crippen molar-refractivity contribution in [2.45, 2.75) is 13.8 Å². The van der Waals surface area contributed by atoms with Crippen molar-refractivity contribution in [1.29, 1.82) is 5.26 Å². The van der Waals surface area contributed by atoms with E-state index in [1.165, 1.54) is 9.40 Å². The SMILES string of the molecule is [C-]#[N+]c1cc2c(cc1C)sc1cc(C)c(C#N)cc12. The lowest BCUT2D eigenvalue weighted by Gasteiger charge is -1.99. The van der Waals surface area contributed by atoms with Crippen LogP contribution in [0.25, 0.3) is 25.0 Å². The summed E-state index contributed by atoms with van der Waals surface area (Å²) >= 11 is 1.72. The summed E-state index contributed by atoms with van der Waals surface area (Å²) in [6.45, 7) is 11.1. The quantitative estimate of drug-likeness (QED) is 0.518. The largest absolute Gasteiger partial charge is 0.238 e. The van der Waals surface area contributed by atoms with E-state index in [-0.39, 0.29) is 0 Å². The van der Waals surface area contributed by atoms with Crippen LogP contribution in [0.5, 0.6) is 0 Å². The van der Waals surface area contributed by atoms with E-state index in [1.54, 1.807) is 11.3 Å². The van der Waals surface area contributed by atoms with Gasteiger partial charge in [0, 0.05) is 14.8 Å². The maximum atomic E-state index is 9.14. The molecule has 0 spiro atoms. The predicted molar refractivity (Wildman–Crippen MR) is 79.8 cm³/mol. The van der Waals surface area contributed by atoms with Crippen LogP contribution in [0.15, 0.2) is 24.3 Å². The van der Waals surface area contributed by atoms with E-state index in [0.717, 1.165) is 21.9 Å². The number of fused-ring (bicyclic) bond motifs is 3. The van der Waals surface area contributed by atoms with Gasteiger partial charge in [0.25, 0.3) is 0 Å². The Morgan fingerprint density at radius 1 is 1.05 bits per heavy atom. The molecule has 3 rings (SSSR count). The van der Waals surface area contributed by atoms with Crippen LogP contribution in [0.1, 0.15) is 16.7 Å². The van der Waals surface area contributed by atoms with E-state index >= 15 is 0 Å². The number of rotatable bonds is 0. The van der Waals surface area contributed by atoms with Gasteiger partial charge in [-0.1, -0.05) is 6.07 Å². The number of hydrogen-bond donors (Lipinski definition) is 0. The molecule has 19 heavy (non-hydrogen) atoms. The van der Waals surface area contributed by atoms with Gasteiger partial charge in [0.05, 0.1) is 18.2 Å². The van der Waals surface area contributed by atoms with Crippen LogP contribution in [-0.2, 0) is 0 Å². The monoisotopic (exact) mass is 262 g/mol. The van der Waals surface area contributed by atoms with Crippen molar-refractivity contribution in [3.05, 3.63) is 52.4 Å². The summed E-state index contributed by atoms with van der Waals surface area (Å²) < 4.78 is 2.35. The molecule has 0 aliphatic heterocycles. The first-order valence-corrected chi connectivity index (χ1v) is 6.70. The third-order valence-corrected chi connectivity index (χ3v) is 4.49. The molecule has 90 valence electrons. The Hall–Kier alpha value is -2.36. The highest BCUT2D eigenvalue weighted by Gasteiger charge is 2.10. The second-order valence-electron chi connectivity index (χ2n) is 4.62. The first-order chi connectivity index (χ1) is 9.13. The number of aryl methyl sites for hydroxylation is 2. The minimum atomic E-state index is 0.686. The zero-order chi connectivity index (χ0) is 13.6. The van der Waals surface area contributed by atoms with E-state index in [4.69, 9.17) is 11.8 Å². The van der Waals surface area contributed by atoms with Crippen LogP contribution in [0.4, 0.5) is 5.69 Å². The predicted octanol–water partition coefficient (Wildman–Crippen LogP) is 5.09. The van der Waals surface area contributed by atoms with Crippen molar-refractivity contribution >= 4 is 37.2 Å². The smallest absolute Gasteiger partial charge is 0.190 e. The molecule has 0 fully saturated rings. The van der Waals surface area contributed by atoms with Gasteiger partial charge in [-0.15, -0.1) is 11.3 Å². The third kappa shape index (κ3) is 1.68. The van der Waals surface area contributed by atoms with Crippen molar-refractivity contribution in [3.8, 4) is 6.07 Å². The first-order valence-electron chi connectivity index (χ1n) is 5.89. The summed E-state index contributed by atoms with van der Waals surface area (Å²) in [5, 5.41) is 11.3. The van der Waals surface area contributed by atoms with Crippen molar-refractivity contribution in [1.82, 2.24) is 0 Å². The highest BCUT2D eigenvalue weighted by Crippen LogP contribution is 2.38. The van der Waals surface area contributed by atoms with Gasteiger partial charge in [0.1, 0.15) is 0 Å². The molecule has 1 heterocycles. The lowest BCUT2D eigenvalue weighted by atomic mass is 10.0. The van der Waals surface area contributed by atoms with E-state index in [9.17, 15) is 0 Å². The molecule has 0 unspecified atom stereocenters.